The number of nitrogens with zero attached hydrogens (tertiary/aromatic N) is 1. The van der Waals surface area contributed by atoms with Crippen LogP contribution in [-0.4, -0.2) is 38.5 Å². The molecule has 24 heavy (non-hydrogen) atoms. The molecule has 0 radical (unpaired) electrons. The molecule has 2 aliphatic rings. The maximum atomic E-state index is 11.6. The zero-order valence-corrected chi connectivity index (χ0v) is 16.9. The summed E-state index contributed by atoms with van der Waals surface area (Å²) in [4.78, 5) is 4.58. The van der Waals surface area contributed by atoms with Crippen LogP contribution in [-0.2, 0) is 16.4 Å². The molecule has 1 saturated carbocycles. The van der Waals surface area contributed by atoms with Crippen LogP contribution in [0.5, 0.6) is 0 Å². The molecule has 0 spiro atoms. The highest BCUT2D eigenvalue weighted by atomic mass is 127. The number of hydrogen-bond acceptors (Lipinski definition) is 4. The predicted octanol–water partition coefficient (Wildman–Crippen LogP) is 2.31. The summed E-state index contributed by atoms with van der Waals surface area (Å²) < 4.78 is 28.4. The monoisotopic (exact) mass is 467 g/mol. The molecule has 136 valence electrons. The van der Waals surface area contributed by atoms with Crippen molar-refractivity contribution in [2.75, 3.05) is 18.1 Å². The van der Waals surface area contributed by atoms with Gasteiger partial charge in [0.15, 0.2) is 15.8 Å². The fraction of sp³-hybridized carbons (Fsp3) is 0.688. The first-order valence-electron chi connectivity index (χ1n) is 8.38. The van der Waals surface area contributed by atoms with Crippen molar-refractivity contribution in [3.05, 3.63) is 24.2 Å². The lowest BCUT2D eigenvalue weighted by atomic mass is 10.1. The third-order valence-electron chi connectivity index (χ3n) is 4.55. The molecule has 8 heteroatoms. The van der Waals surface area contributed by atoms with Gasteiger partial charge in [0, 0.05) is 12.6 Å². The molecule has 1 unspecified atom stereocenters. The summed E-state index contributed by atoms with van der Waals surface area (Å²) >= 11 is 0. The molecular weight excluding hydrogens is 441 g/mol. The Balaban J connectivity index is 0.00000208. The van der Waals surface area contributed by atoms with Crippen LogP contribution in [0.1, 0.15) is 37.9 Å². The second kappa shape index (κ2) is 9.07. The van der Waals surface area contributed by atoms with Gasteiger partial charge in [-0.05, 0) is 37.3 Å². The molecule has 0 bridgehead atoms. The average molecular weight is 467 g/mol. The number of guanidine groups is 1. The van der Waals surface area contributed by atoms with Gasteiger partial charge in [-0.2, -0.15) is 0 Å². The first kappa shape index (κ1) is 19.6. The number of nitrogens with one attached hydrogen (secondary N) is 2. The molecule has 2 fully saturated rings. The third kappa shape index (κ3) is 5.94. The lowest BCUT2D eigenvalue weighted by Gasteiger charge is -2.19. The smallest absolute Gasteiger partial charge is 0.191 e. The van der Waals surface area contributed by atoms with Crippen LogP contribution in [0, 0.1) is 5.92 Å². The Bertz CT molecular complexity index is 625. The van der Waals surface area contributed by atoms with E-state index in [0.29, 0.717) is 24.9 Å². The number of aliphatic imine (C=N–C) groups is 1. The molecule has 1 aliphatic carbocycles. The molecule has 0 amide bonds. The number of rotatable bonds is 5. The number of furan rings is 1. The van der Waals surface area contributed by atoms with Crippen LogP contribution in [0.2, 0.25) is 0 Å². The molecule has 3 rings (SSSR count). The van der Waals surface area contributed by atoms with Crippen LogP contribution < -0.4 is 10.6 Å². The molecule has 2 heterocycles. The summed E-state index contributed by atoms with van der Waals surface area (Å²) in [6.45, 7) is 1.13. The fourth-order valence-electron chi connectivity index (χ4n) is 3.25. The van der Waals surface area contributed by atoms with E-state index in [-0.39, 0.29) is 35.6 Å². The molecule has 2 N–H and O–H groups in total. The van der Waals surface area contributed by atoms with Gasteiger partial charge in [0.2, 0.25) is 0 Å². The second-order valence-corrected chi connectivity index (χ2v) is 8.75. The van der Waals surface area contributed by atoms with Crippen molar-refractivity contribution in [3.63, 3.8) is 0 Å². The van der Waals surface area contributed by atoms with E-state index in [4.69, 9.17) is 4.42 Å². The topological polar surface area (TPSA) is 83.7 Å². The largest absolute Gasteiger partial charge is 0.467 e. The van der Waals surface area contributed by atoms with Gasteiger partial charge in [-0.15, -0.1) is 24.0 Å². The van der Waals surface area contributed by atoms with Crippen LogP contribution in [0.15, 0.2) is 27.8 Å². The lowest BCUT2D eigenvalue weighted by Crippen LogP contribution is -2.44. The minimum absolute atomic E-state index is 0. The Morgan fingerprint density at radius 1 is 1.29 bits per heavy atom. The maximum Gasteiger partial charge on any atom is 0.191 e. The first-order chi connectivity index (χ1) is 11.1. The molecule has 1 aromatic heterocycles. The number of sulfone groups is 1. The standard InChI is InChI=1S/C16H25N3O3S.HI/c20-23(21)9-7-13(12-23)10-17-16(19-14-4-1-2-5-14)18-11-15-6-3-8-22-15;/h3,6,8,13-14H,1-2,4-5,7,9-12H2,(H2,17,18,19);1H. The van der Waals surface area contributed by atoms with Crippen LogP contribution in [0.25, 0.3) is 0 Å². The Labute approximate surface area is 160 Å². The molecule has 1 saturated heterocycles. The molecule has 1 aromatic rings. The molecule has 1 aliphatic heterocycles. The minimum atomic E-state index is -2.83. The van der Waals surface area contributed by atoms with Crippen molar-refractivity contribution in [2.45, 2.75) is 44.7 Å². The predicted molar refractivity (Wildman–Crippen MR) is 105 cm³/mol. The zero-order valence-electron chi connectivity index (χ0n) is 13.7. The highest BCUT2D eigenvalue weighted by Gasteiger charge is 2.28. The van der Waals surface area contributed by atoms with Gasteiger partial charge in [-0.3, -0.25) is 0 Å². The Kier molecular flexibility index (Phi) is 7.39. The summed E-state index contributed by atoms with van der Waals surface area (Å²) in [6.07, 6.45) is 7.22. The van der Waals surface area contributed by atoms with Gasteiger partial charge < -0.3 is 15.1 Å². The third-order valence-corrected chi connectivity index (χ3v) is 6.39. The van der Waals surface area contributed by atoms with Crippen LogP contribution >= 0.6 is 24.0 Å². The van der Waals surface area contributed by atoms with Crippen molar-refractivity contribution in [1.29, 1.82) is 0 Å². The fourth-order valence-corrected chi connectivity index (χ4v) is 5.11. The van der Waals surface area contributed by atoms with Gasteiger partial charge in [0.05, 0.1) is 17.8 Å². The van der Waals surface area contributed by atoms with E-state index in [1.807, 2.05) is 12.1 Å². The van der Waals surface area contributed by atoms with Crippen molar-refractivity contribution in [1.82, 2.24) is 10.6 Å². The number of hydrogen-bond donors (Lipinski definition) is 2. The zero-order chi connectivity index (χ0) is 16.1. The van der Waals surface area contributed by atoms with E-state index < -0.39 is 9.84 Å². The lowest BCUT2D eigenvalue weighted by molar-refractivity contribution is 0.509. The molecule has 6 nitrogen and oxygen atoms in total. The van der Waals surface area contributed by atoms with Gasteiger partial charge in [-0.1, -0.05) is 12.8 Å². The van der Waals surface area contributed by atoms with E-state index in [9.17, 15) is 8.42 Å². The van der Waals surface area contributed by atoms with Crippen molar-refractivity contribution >= 4 is 39.8 Å². The number of halogens is 1. The summed E-state index contributed by atoms with van der Waals surface area (Å²) in [6, 6.07) is 4.22. The van der Waals surface area contributed by atoms with Crippen molar-refractivity contribution < 1.29 is 12.8 Å². The van der Waals surface area contributed by atoms with E-state index in [1.54, 1.807) is 6.26 Å². The Hall–Kier alpha value is -0.770. The van der Waals surface area contributed by atoms with Crippen molar-refractivity contribution in [3.8, 4) is 0 Å². The van der Waals surface area contributed by atoms with Gasteiger partial charge in [0.25, 0.3) is 0 Å². The highest BCUT2D eigenvalue weighted by Crippen LogP contribution is 2.19. The van der Waals surface area contributed by atoms with Gasteiger partial charge >= 0.3 is 0 Å². The highest BCUT2D eigenvalue weighted by molar-refractivity contribution is 14.0. The second-order valence-electron chi connectivity index (χ2n) is 6.52. The SMILES string of the molecule is I.O=S1(=O)CCC(CNC(=NCc2ccco2)NC2CCCC2)C1. The van der Waals surface area contributed by atoms with Crippen molar-refractivity contribution in [2.24, 2.45) is 10.9 Å². The quantitative estimate of drug-likeness (QED) is 0.395. The van der Waals surface area contributed by atoms with Crippen LogP contribution in [0.3, 0.4) is 0 Å². The maximum absolute atomic E-state index is 11.6. The summed E-state index contributed by atoms with van der Waals surface area (Å²) in [5, 5.41) is 6.79. The summed E-state index contributed by atoms with van der Waals surface area (Å²) in [5.74, 6) is 2.36. The molecule has 0 aromatic carbocycles. The Morgan fingerprint density at radius 2 is 2.08 bits per heavy atom. The summed E-state index contributed by atoms with van der Waals surface area (Å²) in [5.41, 5.74) is 0. The normalized spacial score (nSPS) is 23.8. The molecular formula is C16H26IN3O3S. The van der Waals surface area contributed by atoms with E-state index in [0.717, 1.165) is 18.1 Å². The Morgan fingerprint density at radius 3 is 2.71 bits per heavy atom. The average Bonchev–Trinajstić information content (AvgIpc) is 3.24. The van der Waals surface area contributed by atoms with E-state index >= 15 is 0 Å². The first-order valence-corrected chi connectivity index (χ1v) is 10.2. The molecule has 1 atom stereocenters. The van der Waals surface area contributed by atoms with Gasteiger partial charge in [0.1, 0.15) is 12.3 Å². The summed E-state index contributed by atoms with van der Waals surface area (Å²) in [7, 11) is -2.83. The minimum Gasteiger partial charge on any atom is -0.467 e. The van der Waals surface area contributed by atoms with E-state index in [2.05, 4.69) is 15.6 Å². The van der Waals surface area contributed by atoms with E-state index in [1.165, 1.54) is 25.7 Å². The van der Waals surface area contributed by atoms with Crippen LogP contribution in [0.4, 0.5) is 0 Å². The van der Waals surface area contributed by atoms with Gasteiger partial charge in [-0.25, -0.2) is 13.4 Å².